The maximum Gasteiger partial charge on any atom is 0.236 e. The predicted octanol–water partition coefficient (Wildman–Crippen LogP) is 2.80. The zero-order valence-electron chi connectivity index (χ0n) is 19.3. The number of nitriles is 1. The summed E-state index contributed by atoms with van der Waals surface area (Å²) in [7, 11) is 0. The number of halogens is 1. The lowest BCUT2D eigenvalue weighted by molar-refractivity contribution is -0.131. The van der Waals surface area contributed by atoms with Gasteiger partial charge in [0.05, 0.1) is 30.0 Å². The molecule has 5 rings (SSSR count). The van der Waals surface area contributed by atoms with E-state index in [1.165, 1.54) is 12.4 Å². The van der Waals surface area contributed by atoms with Gasteiger partial charge in [0, 0.05) is 43.3 Å². The second-order valence-electron chi connectivity index (χ2n) is 8.55. The lowest BCUT2D eigenvalue weighted by Gasteiger charge is -2.33. The van der Waals surface area contributed by atoms with Crippen LogP contribution in [0.5, 0.6) is 0 Å². The number of aromatic nitrogens is 5. The molecule has 0 aliphatic carbocycles. The van der Waals surface area contributed by atoms with Crippen LogP contribution in [0.4, 0.5) is 10.2 Å². The summed E-state index contributed by atoms with van der Waals surface area (Å²) in [6.45, 7) is 0.657. The molecule has 0 saturated carbocycles. The van der Waals surface area contributed by atoms with Gasteiger partial charge in [-0.2, -0.15) is 10.4 Å². The molecule has 36 heavy (non-hydrogen) atoms. The van der Waals surface area contributed by atoms with Crippen LogP contribution >= 0.6 is 0 Å². The SMILES string of the molecule is N#CCC(=O)N1CCC[C@@H](Nc2nc(-c3cnn4ccccc34)nc(-c3cncc(CO)c3)c2F)C1. The summed E-state index contributed by atoms with van der Waals surface area (Å²) in [5.74, 6) is -0.628. The molecule has 5 heterocycles. The maximum atomic E-state index is 15.8. The Morgan fingerprint density at radius 3 is 3.00 bits per heavy atom. The van der Waals surface area contributed by atoms with Crippen molar-refractivity contribution < 1.29 is 14.3 Å². The van der Waals surface area contributed by atoms with Crippen molar-refractivity contribution in [1.29, 1.82) is 5.26 Å². The third kappa shape index (κ3) is 4.58. The normalized spacial score (nSPS) is 15.6. The Kier molecular flexibility index (Phi) is 6.51. The Morgan fingerprint density at radius 1 is 1.28 bits per heavy atom. The second kappa shape index (κ2) is 10.1. The van der Waals surface area contributed by atoms with Gasteiger partial charge in [0.2, 0.25) is 5.91 Å². The molecule has 0 bridgehead atoms. The number of likely N-dealkylation sites (tertiary alicyclic amines) is 1. The van der Waals surface area contributed by atoms with Crippen LogP contribution in [-0.4, -0.2) is 59.6 Å². The van der Waals surface area contributed by atoms with Crippen molar-refractivity contribution in [3.8, 4) is 28.7 Å². The number of aliphatic hydroxyl groups is 1. The van der Waals surface area contributed by atoms with Gasteiger partial charge in [-0.25, -0.2) is 18.9 Å². The third-order valence-electron chi connectivity index (χ3n) is 6.11. The molecule has 2 N–H and O–H groups in total. The number of carbonyl (C=O) groups is 1. The summed E-state index contributed by atoms with van der Waals surface area (Å²) in [5, 5.41) is 25.9. The molecule has 1 aliphatic heterocycles. The Morgan fingerprint density at radius 2 is 2.17 bits per heavy atom. The summed E-state index contributed by atoms with van der Waals surface area (Å²) < 4.78 is 17.5. The van der Waals surface area contributed by atoms with E-state index in [9.17, 15) is 9.90 Å². The first kappa shape index (κ1) is 23.3. The van der Waals surface area contributed by atoms with Gasteiger partial charge in [-0.05, 0) is 36.6 Å². The van der Waals surface area contributed by atoms with Crippen LogP contribution in [0.25, 0.3) is 28.2 Å². The highest BCUT2D eigenvalue weighted by atomic mass is 19.1. The summed E-state index contributed by atoms with van der Waals surface area (Å²) in [5.41, 5.74) is 2.34. The van der Waals surface area contributed by atoms with Gasteiger partial charge in [-0.15, -0.1) is 0 Å². The summed E-state index contributed by atoms with van der Waals surface area (Å²) in [6, 6.07) is 8.85. The number of amides is 1. The first-order chi connectivity index (χ1) is 17.6. The monoisotopic (exact) mass is 486 g/mol. The quantitative estimate of drug-likeness (QED) is 0.425. The molecule has 4 aromatic heterocycles. The van der Waals surface area contributed by atoms with Gasteiger partial charge in [0.1, 0.15) is 12.1 Å². The number of anilines is 1. The molecule has 0 spiro atoms. The minimum Gasteiger partial charge on any atom is -0.392 e. The van der Waals surface area contributed by atoms with E-state index in [4.69, 9.17) is 5.26 Å². The predicted molar refractivity (Wildman–Crippen MR) is 129 cm³/mol. The molecule has 1 saturated heterocycles. The lowest BCUT2D eigenvalue weighted by atomic mass is 10.0. The summed E-state index contributed by atoms with van der Waals surface area (Å²) >= 11 is 0. The molecule has 1 amide bonds. The zero-order valence-corrected chi connectivity index (χ0v) is 19.3. The number of hydrogen-bond acceptors (Lipinski definition) is 8. The largest absolute Gasteiger partial charge is 0.392 e. The van der Waals surface area contributed by atoms with Crippen LogP contribution in [0.2, 0.25) is 0 Å². The molecule has 1 fully saturated rings. The fourth-order valence-electron chi connectivity index (χ4n) is 4.36. The van der Waals surface area contributed by atoms with Crippen LogP contribution in [0.15, 0.2) is 49.1 Å². The molecule has 0 unspecified atom stereocenters. The Hall–Kier alpha value is -4.43. The number of hydrogen-bond donors (Lipinski definition) is 2. The Labute approximate surface area is 206 Å². The summed E-state index contributed by atoms with van der Waals surface area (Å²) in [6.07, 6.45) is 7.65. The first-order valence-corrected chi connectivity index (χ1v) is 11.5. The molecule has 182 valence electrons. The average Bonchev–Trinajstić information content (AvgIpc) is 3.34. The smallest absolute Gasteiger partial charge is 0.236 e. The molecule has 1 atom stereocenters. The van der Waals surface area contributed by atoms with Crippen LogP contribution in [0.1, 0.15) is 24.8 Å². The molecular formula is C25H23FN8O2. The fraction of sp³-hybridized carbons (Fsp3) is 0.280. The van der Waals surface area contributed by atoms with Crippen molar-refractivity contribution in [3.05, 3.63) is 60.4 Å². The number of nitrogens with one attached hydrogen (secondary N) is 1. The molecule has 10 nitrogen and oxygen atoms in total. The lowest BCUT2D eigenvalue weighted by Crippen LogP contribution is -2.45. The van der Waals surface area contributed by atoms with Crippen LogP contribution in [0, 0.1) is 17.1 Å². The standard InChI is InChI=1S/C25H23FN8O2/c26-22-23(17-10-16(15-35)11-28-12-17)31-24(19-13-29-34-9-2-1-5-20(19)34)32-25(22)30-18-4-3-8-33(14-18)21(36)6-7-27/h1-2,5,9-13,18,35H,3-4,6,8,14-15H2,(H,30,31,32)/t18-/m1/s1. The number of pyridine rings is 2. The number of carbonyl (C=O) groups excluding carboxylic acids is 1. The first-order valence-electron chi connectivity index (χ1n) is 11.5. The molecule has 0 aromatic carbocycles. The highest BCUT2D eigenvalue weighted by molar-refractivity contribution is 5.79. The van der Waals surface area contributed by atoms with E-state index in [1.54, 1.807) is 27.9 Å². The van der Waals surface area contributed by atoms with Crippen LogP contribution in [-0.2, 0) is 11.4 Å². The molecular weight excluding hydrogens is 463 g/mol. The molecule has 11 heteroatoms. The number of fused-ring (bicyclic) bond motifs is 1. The number of piperidine rings is 1. The van der Waals surface area contributed by atoms with Gasteiger partial charge in [-0.1, -0.05) is 6.07 Å². The van der Waals surface area contributed by atoms with Gasteiger partial charge in [0.25, 0.3) is 0 Å². The van der Waals surface area contributed by atoms with E-state index < -0.39 is 5.82 Å². The highest BCUT2D eigenvalue weighted by Crippen LogP contribution is 2.31. The minimum absolute atomic E-state index is 0.000681. The van der Waals surface area contributed by atoms with E-state index in [0.29, 0.717) is 36.2 Å². The van der Waals surface area contributed by atoms with E-state index >= 15 is 4.39 Å². The number of aliphatic hydroxyl groups excluding tert-OH is 1. The second-order valence-corrected chi connectivity index (χ2v) is 8.55. The number of rotatable bonds is 6. The van der Waals surface area contributed by atoms with E-state index in [-0.39, 0.29) is 42.3 Å². The zero-order chi connectivity index (χ0) is 25.1. The van der Waals surface area contributed by atoms with Crippen molar-refractivity contribution in [2.75, 3.05) is 18.4 Å². The molecule has 0 radical (unpaired) electrons. The molecule has 4 aromatic rings. The molecule has 1 aliphatic rings. The van der Waals surface area contributed by atoms with Gasteiger partial charge < -0.3 is 15.3 Å². The van der Waals surface area contributed by atoms with Gasteiger partial charge in [0.15, 0.2) is 17.5 Å². The van der Waals surface area contributed by atoms with Crippen molar-refractivity contribution in [3.63, 3.8) is 0 Å². The highest BCUT2D eigenvalue weighted by Gasteiger charge is 2.26. The van der Waals surface area contributed by atoms with Gasteiger partial charge >= 0.3 is 0 Å². The van der Waals surface area contributed by atoms with Crippen molar-refractivity contribution in [2.45, 2.75) is 31.9 Å². The minimum atomic E-state index is -0.660. The topological polar surface area (TPSA) is 132 Å². The van der Waals surface area contributed by atoms with E-state index in [0.717, 1.165) is 11.9 Å². The van der Waals surface area contributed by atoms with E-state index in [1.807, 2.05) is 24.3 Å². The van der Waals surface area contributed by atoms with Crippen molar-refractivity contribution in [2.24, 2.45) is 0 Å². The maximum absolute atomic E-state index is 15.8. The Bertz CT molecular complexity index is 1460. The van der Waals surface area contributed by atoms with Crippen LogP contribution in [0.3, 0.4) is 0 Å². The average molecular weight is 487 g/mol. The van der Waals surface area contributed by atoms with Crippen molar-refractivity contribution in [1.82, 2.24) is 29.5 Å². The third-order valence-corrected chi connectivity index (χ3v) is 6.11. The van der Waals surface area contributed by atoms with Crippen LogP contribution < -0.4 is 5.32 Å². The van der Waals surface area contributed by atoms with E-state index in [2.05, 4.69) is 25.4 Å². The Balaban J connectivity index is 1.57. The van der Waals surface area contributed by atoms with Crippen molar-refractivity contribution >= 4 is 17.2 Å². The fourth-order valence-corrected chi connectivity index (χ4v) is 4.36. The summed E-state index contributed by atoms with van der Waals surface area (Å²) in [4.78, 5) is 27.0. The van der Waals surface area contributed by atoms with Gasteiger partial charge in [-0.3, -0.25) is 9.78 Å². The number of nitrogens with zero attached hydrogens (tertiary/aromatic N) is 7.